The van der Waals surface area contributed by atoms with Gasteiger partial charge in [0.1, 0.15) is 5.60 Å². The molecule has 1 rings (SSSR count). The number of carboxylic acids is 1. The normalized spacial score (nSPS) is 11.8. The van der Waals surface area contributed by atoms with Crippen LogP contribution < -0.4 is 5.32 Å². The second-order valence-electron chi connectivity index (χ2n) is 6.59. The molecule has 2 N–H and O–H groups in total. The molecule has 26 heavy (non-hydrogen) atoms. The predicted octanol–water partition coefficient (Wildman–Crippen LogP) is 3.09. The van der Waals surface area contributed by atoms with E-state index in [-0.39, 0.29) is 24.9 Å². The van der Waals surface area contributed by atoms with Gasteiger partial charge in [0.05, 0.1) is 6.42 Å². The van der Waals surface area contributed by atoms with Crippen molar-refractivity contribution in [1.82, 2.24) is 0 Å². The predicted molar refractivity (Wildman–Crippen MR) is 86.6 cm³/mol. The van der Waals surface area contributed by atoms with Gasteiger partial charge in [-0.2, -0.15) is 13.2 Å². The Morgan fingerprint density at radius 2 is 1.73 bits per heavy atom. The molecule has 0 heterocycles. The van der Waals surface area contributed by atoms with E-state index in [9.17, 15) is 27.6 Å². The fraction of sp³-hybridized carbons (Fsp3) is 0.471. The molecule has 1 aromatic rings. The van der Waals surface area contributed by atoms with Gasteiger partial charge in [-0.3, -0.25) is 14.4 Å². The van der Waals surface area contributed by atoms with Crippen molar-refractivity contribution in [3.8, 4) is 0 Å². The van der Waals surface area contributed by atoms with Gasteiger partial charge in [-0.25, -0.2) is 0 Å². The number of nitrogens with one attached hydrogen (secondary N) is 1. The van der Waals surface area contributed by atoms with Crippen LogP contribution in [0.2, 0.25) is 0 Å². The summed E-state index contributed by atoms with van der Waals surface area (Å²) in [5, 5.41) is 10.5. The summed E-state index contributed by atoms with van der Waals surface area (Å²) in [6, 6.07) is 3.81. The summed E-state index contributed by atoms with van der Waals surface area (Å²) in [4.78, 5) is 33.8. The average Bonchev–Trinajstić information content (AvgIpc) is 2.44. The molecule has 0 aliphatic carbocycles. The van der Waals surface area contributed by atoms with Crippen LogP contribution in [0.5, 0.6) is 0 Å². The zero-order valence-electron chi connectivity index (χ0n) is 14.6. The lowest BCUT2D eigenvalue weighted by atomic mass is 9.99. The highest BCUT2D eigenvalue weighted by Gasteiger charge is 2.38. The topological polar surface area (TPSA) is 92.7 Å². The Hall–Kier alpha value is -2.58. The van der Waals surface area contributed by atoms with Crippen LogP contribution >= 0.6 is 0 Å². The molecular formula is C17H20F3NO5. The van der Waals surface area contributed by atoms with Crippen LogP contribution in [0.1, 0.15) is 38.3 Å². The second kappa shape index (κ2) is 8.20. The van der Waals surface area contributed by atoms with Gasteiger partial charge in [0.2, 0.25) is 0 Å². The number of carboxylic acid groups (broad SMARTS) is 1. The molecule has 0 spiro atoms. The molecule has 0 aliphatic rings. The molecule has 0 aliphatic heterocycles. The number of benzene rings is 1. The van der Waals surface area contributed by atoms with Crippen molar-refractivity contribution in [2.45, 2.75) is 51.8 Å². The highest BCUT2D eigenvalue weighted by atomic mass is 19.4. The van der Waals surface area contributed by atoms with E-state index in [0.29, 0.717) is 11.1 Å². The van der Waals surface area contributed by atoms with Crippen molar-refractivity contribution in [3.63, 3.8) is 0 Å². The molecule has 0 fully saturated rings. The number of aryl methyl sites for hydroxylation is 1. The standard InChI is InChI=1S/C17H20F3NO5/c1-16(2,3)26-14(24)9-11-4-6-12(21-15(25)17(18,19)20)8-10(11)5-7-13(22)23/h4,6,8H,5,7,9H2,1-3H3,(H,21,25)(H,22,23). The third-order valence-electron chi connectivity index (χ3n) is 3.08. The van der Waals surface area contributed by atoms with E-state index in [4.69, 9.17) is 9.84 Å². The Labute approximate surface area is 148 Å². The van der Waals surface area contributed by atoms with Crippen LogP contribution in [-0.4, -0.2) is 34.7 Å². The summed E-state index contributed by atoms with van der Waals surface area (Å²) in [6.45, 7) is 5.06. The first-order chi connectivity index (χ1) is 11.8. The van der Waals surface area contributed by atoms with E-state index in [1.165, 1.54) is 18.2 Å². The fourth-order valence-corrected chi connectivity index (χ4v) is 2.09. The summed E-state index contributed by atoms with van der Waals surface area (Å²) in [5.74, 6) is -3.79. The molecule has 1 amide bonds. The summed E-state index contributed by atoms with van der Waals surface area (Å²) < 4.78 is 42.2. The molecule has 144 valence electrons. The summed E-state index contributed by atoms with van der Waals surface area (Å²) >= 11 is 0. The highest BCUT2D eigenvalue weighted by molar-refractivity contribution is 5.95. The van der Waals surface area contributed by atoms with E-state index in [0.717, 1.165) is 0 Å². The van der Waals surface area contributed by atoms with Crippen LogP contribution in [0.15, 0.2) is 18.2 Å². The van der Waals surface area contributed by atoms with Crippen LogP contribution in [-0.2, 0) is 32.0 Å². The summed E-state index contributed by atoms with van der Waals surface area (Å²) in [7, 11) is 0. The van der Waals surface area contributed by atoms with Crippen LogP contribution in [0, 0.1) is 0 Å². The molecule has 0 bridgehead atoms. The molecule has 0 radical (unpaired) electrons. The Kier molecular flexibility index (Phi) is 6.77. The van der Waals surface area contributed by atoms with Gasteiger partial charge in [-0.05, 0) is 50.5 Å². The number of hydrogen-bond acceptors (Lipinski definition) is 4. The van der Waals surface area contributed by atoms with Gasteiger partial charge in [0, 0.05) is 12.1 Å². The first kappa shape index (κ1) is 21.5. The summed E-state index contributed by atoms with van der Waals surface area (Å²) in [6.07, 6.45) is -5.50. The number of alkyl halides is 3. The average molecular weight is 375 g/mol. The van der Waals surface area contributed by atoms with E-state index in [1.807, 2.05) is 0 Å². The van der Waals surface area contributed by atoms with Crippen LogP contribution in [0.25, 0.3) is 0 Å². The lowest BCUT2D eigenvalue weighted by Gasteiger charge is -2.20. The molecule has 0 atom stereocenters. The maximum atomic E-state index is 12.3. The van der Waals surface area contributed by atoms with Crippen molar-refractivity contribution < 1.29 is 37.4 Å². The molecule has 0 saturated carbocycles. The molecule has 9 heteroatoms. The maximum Gasteiger partial charge on any atom is 0.471 e. The van der Waals surface area contributed by atoms with Gasteiger partial charge in [0.25, 0.3) is 0 Å². The molecule has 6 nitrogen and oxygen atoms in total. The van der Waals surface area contributed by atoms with Crippen molar-refractivity contribution in [2.75, 3.05) is 5.32 Å². The van der Waals surface area contributed by atoms with Gasteiger partial charge < -0.3 is 15.2 Å². The number of halogens is 3. The monoisotopic (exact) mass is 375 g/mol. The molecule has 0 aromatic heterocycles. The molecule has 0 saturated heterocycles. The minimum absolute atomic E-state index is 0.0107. The largest absolute Gasteiger partial charge is 0.481 e. The minimum Gasteiger partial charge on any atom is -0.481 e. The SMILES string of the molecule is CC(C)(C)OC(=O)Cc1ccc(NC(=O)C(F)(F)F)cc1CCC(=O)O. The first-order valence-corrected chi connectivity index (χ1v) is 7.71. The minimum atomic E-state index is -5.05. The van der Waals surface area contributed by atoms with E-state index in [2.05, 4.69) is 0 Å². The van der Waals surface area contributed by atoms with Gasteiger partial charge in [-0.1, -0.05) is 6.07 Å². The summed E-state index contributed by atoms with van der Waals surface area (Å²) in [5.41, 5.74) is -0.0803. The highest BCUT2D eigenvalue weighted by Crippen LogP contribution is 2.22. The van der Waals surface area contributed by atoms with E-state index >= 15 is 0 Å². The van der Waals surface area contributed by atoms with Crippen molar-refractivity contribution in [1.29, 1.82) is 0 Å². The second-order valence-corrected chi connectivity index (χ2v) is 6.59. The Morgan fingerprint density at radius 1 is 1.12 bits per heavy atom. The third-order valence-corrected chi connectivity index (χ3v) is 3.08. The third kappa shape index (κ3) is 7.54. The zero-order valence-corrected chi connectivity index (χ0v) is 14.6. The van der Waals surface area contributed by atoms with Crippen molar-refractivity contribution in [3.05, 3.63) is 29.3 Å². The zero-order chi connectivity index (χ0) is 20.1. The van der Waals surface area contributed by atoms with Crippen molar-refractivity contribution in [2.24, 2.45) is 0 Å². The Balaban J connectivity index is 3.03. The quantitative estimate of drug-likeness (QED) is 0.746. The fourth-order valence-electron chi connectivity index (χ4n) is 2.09. The van der Waals surface area contributed by atoms with Gasteiger partial charge in [-0.15, -0.1) is 0 Å². The smallest absolute Gasteiger partial charge is 0.471 e. The molecular weight excluding hydrogens is 355 g/mol. The number of esters is 1. The lowest BCUT2D eigenvalue weighted by Crippen LogP contribution is -2.30. The maximum absolute atomic E-state index is 12.3. The number of carbonyl (C=O) groups excluding carboxylic acids is 2. The molecule has 0 unspecified atom stereocenters. The lowest BCUT2D eigenvalue weighted by molar-refractivity contribution is -0.167. The number of aliphatic carboxylic acids is 1. The Morgan fingerprint density at radius 3 is 2.23 bits per heavy atom. The number of amides is 1. The van der Waals surface area contributed by atoms with Gasteiger partial charge >= 0.3 is 24.0 Å². The van der Waals surface area contributed by atoms with Crippen LogP contribution in [0.4, 0.5) is 18.9 Å². The van der Waals surface area contributed by atoms with E-state index < -0.39 is 29.6 Å². The van der Waals surface area contributed by atoms with E-state index in [1.54, 1.807) is 26.1 Å². The van der Waals surface area contributed by atoms with Crippen LogP contribution in [0.3, 0.4) is 0 Å². The first-order valence-electron chi connectivity index (χ1n) is 7.71. The van der Waals surface area contributed by atoms with Crippen molar-refractivity contribution >= 4 is 23.5 Å². The number of anilines is 1. The number of ether oxygens (including phenoxy) is 1. The molecule has 1 aromatic carbocycles. The van der Waals surface area contributed by atoms with Gasteiger partial charge in [0.15, 0.2) is 0 Å². The Bertz CT molecular complexity index is 693. The number of rotatable bonds is 6. The number of carbonyl (C=O) groups is 3. The number of hydrogen-bond donors (Lipinski definition) is 2.